The second-order valence-corrected chi connectivity index (χ2v) is 7.58. The predicted molar refractivity (Wildman–Crippen MR) is 94.4 cm³/mol. The van der Waals surface area contributed by atoms with Crippen molar-refractivity contribution in [2.45, 2.75) is 31.7 Å². The van der Waals surface area contributed by atoms with Crippen molar-refractivity contribution in [1.82, 2.24) is 4.47 Å². The average Bonchev–Trinajstić information content (AvgIpc) is 2.96. The third-order valence-corrected chi connectivity index (χ3v) is 5.43. The molecule has 2 fully saturated rings. The SMILES string of the molecule is O=C1CCCCN1c1ccc(N2CCC(N(O)S(O)=S)C2=O)cc1. The minimum Gasteiger partial charge on any atom is -0.314 e. The highest BCUT2D eigenvalue weighted by atomic mass is 32.8. The van der Waals surface area contributed by atoms with Gasteiger partial charge in [-0.15, -0.1) is 0 Å². The van der Waals surface area contributed by atoms with E-state index in [1.54, 1.807) is 21.9 Å². The fraction of sp³-hybridized carbons (Fsp3) is 0.467. The molecule has 24 heavy (non-hydrogen) atoms. The highest BCUT2D eigenvalue weighted by molar-refractivity contribution is 8.24. The molecule has 3 rings (SSSR count). The predicted octanol–water partition coefficient (Wildman–Crippen LogP) is 1.47. The van der Waals surface area contributed by atoms with Gasteiger partial charge in [0.2, 0.25) is 11.8 Å². The number of hydrogen-bond acceptors (Lipinski definition) is 4. The van der Waals surface area contributed by atoms with Crippen LogP contribution in [0.5, 0.6) is 0 Å². The lowest BCUT2D eigenvalue weighted by atomic mass is 10.1. The summed E-state index contributed by atoms with van der Waals surface area (Å²) in [6.45, 7) is 1.16. The summed E-state index contributed by atoms with van der Waals surface area (Å²) in [6, 6.07) is 6.44. The van der Waals surface area contributed by atoms with Crippen molar-refractivity contribution in [3.63, 3.8) is 0 Å². The van der Waals surface area contributed by atoms with Crippen molar-refractivity contribution < 1.29 is 19.3 Å². The lowest BCUT2D eigenvalue weighted by Crippen LogP contribution is -2.40. The van der Waals surface area contributed by atoms with Gasteiger partial charge in [0, 0.05) is 30.9 Å². The largest absolute Gasteiger partial charge is 0.314 e. The lowest BCUT2D eigenvalue weighted by Gasteiger charge is -2.27. The van der Waals surface area contributed by atoms with Crippen molar-refractivity contribution in [3.8, 4) is 0 Å². The molecular formula is C15H19N3O4S2. The van der Waals surface area contributed by atoms with Gasteiger partial charge in [0.05, 0.1) is 0 Å². The summed E-state index contributed by atoms with van der Waals surface area (Å²) in [6.07, 6.45) is 2.90. The van der Waals surface area contributed by atoms with Gasteiger partial charge < -0.3 is 19.6 Å². The van der Waals surface area contributed by atoms with Gasteiger partial charge in [-0.25, -0.2) is 0 Å². The molecule has 7 nitrogen and oxygen atoms in total. The summed E-state index contributed by atoms with van der Waals surface area (Å²) in [5.74, 6) is -0.168. The van der Waals surface area contributed by atoms with Crippen LogP contribution in [-0.4, -0.2) is 45.2 Å². The van der Waals surface area contributed by atoms with Gasteiger partial charge in [-0.3, -0.25) is 9.59 Å². The third-order valence-electron chi connectivity index (χ3n) is 4.40. The zero-order chi connectivity index (χ0) is 17.3. The molecular weight excluding hydrogens is 350 g/mol. The van der Waals surface area contributed by atoms with E-state index in [1.165, 1.54) is 0 Å². The Morgan fingerprint density at radius 3 is 2.29 bits per heavy atom. The highest BCUT2D eigenvalue weighted by Crippen LogP contribution is 2.28. The molecule has 2 atom stereocenters. The average molecular weight is 369 g/mol. The van der Waals surface area contributed by atoms with Crippen LogP contribution in [0.3, 0.4) is 0 Å². The smallest absolute Gasteiger partial charge is 0.247 e. The zero-order valence-corrected chi connectivity index (χ0v) is 14.6. The van der Waals surface area contributed by atoms with Crippen molar-refractivity contribution in [2.24, 2.45) is 0 Å². The van der Waals surface area contributed by atoms with Crippen molar-refractivity contribution in [3.05, 3.63) is 24.3 Å². The molecule has 0 saturated carbocycles. The molecule has 2 amide bonds. The number of amides is 2. The number of nitrogens with zero attached hydrogens (tertiary/aromatic N) is 3. The molecule has 9 heteroatoms. The summed E-state index contributed by atoms with van der Waals surface area (Å²) >= 11 is 4.60. The number of benzene rings is 1. The molecule has 0 radical (unpaired) electrons. The van der Waals surface area contributed by atoms with Crippen LogP contribution in [-0.2, 0) is 30.7 Å². The Morgan fingerprint density at radius 1 is 1.08 bits per heavy atom. The molecule has 2 unspecified atom stereocenters. The first-order valence-corrected chi connectivity index (χ1v) is 9.86. The van der Waals surface area contributed by atoms with Crippen LogP contribution in [0.1, 0.15) is 25.7 Å². The topological polar surface area (TPSA) is 84.3 Å². The lowest BCUT2D eigenvalue weighted by molar-refractivity contribution is -0.128. The summed E-state index contributed by atoms with van der Waals surface area (Å²) in [7, 11) is -1.77. The maximum atomic E-state index is 12.4. The number of carbonyl (C=O) groups is 2. The number of carbonyl (C=O) groups excluding carboxylic acids is 2. The van der Waals surface area contributed by atoms with Crippen LogP contribution in [0.15, 0.2) is 24.3 Å². The standard InChI is InChI=1S/C15H19N3O4S2/c19-14-3-1-2-9-16(14)11-4-6-12(7-5-11)17-10-8-13(15(17)20)18(21)24(22)23/h4-7,13,21H,1-3,8-10H2,(H,22,23). The van der Waals surface area contributed by atoms with Crippen LogP contribution in [0.2, 0.25) is 0 Å². The summed E-state index contributed by atoms with van der Waals surface area (Å²) in [5, 5.41) is 9.70. The van der Waals surface area contributed by atoms with Crippen molar-refractivity contribution >= 4 is 44.3 Å². The van der Waals surface area contributed by atoms with Gasteiger partial charge in [0.25, 0.3) is 0 Å². The Labute approximate surface area is 147 Å². The Morgan fingerprint density at radius 2 is 1.71 bits per heavy atom. The normalized spacial score (nSPS) is 23.2. The molecule has 2 heterocycles. The van der Waals surface area contributed by atoms with Crippen molar-refractivity contribution in [2.75, 3.05) is 22.9 Å². The Hall–Kier alpha value is -1.39. The van der Waals surface area contributed by atoms with E-state index < -0.39 is 16.0 Å². The highest BCUT2D eigenvalue weighted by Gasteiger charge is 2.37. The molecule has 0 aliphatic carbocycles. The van der Waals surface area contributed by atoms with Crippen molar-refractivity contribution in [1.29, 1.82) is 0 Å². The minimum absolute atomic E-state index is 0.127. The molecule has 2 aliphatic rings. The fourth-order valence-corrected chi connectivity index (χ4v) is 3.85. The zero-order valence-electron chi connectivity index (χ0n) is 13.0. The van der Waals surface area contributed by atoms with Crippen LogP contribution < -0.4 is 9.80 Å². The van der Waals surface area contributed by atoms with Gasteiger partial charge in [0.1, 0.15) is 16.0 Å². The number of piperidine rings is 1. The molecule has 0 aromatic heterocycles. The first kappa shape index (κ1) is 17.4. The summed E-state index contributed by atoms with van der Waals surface area (Å²) in [4.78, 5) is 27.7. The molecule has 130 valence electrons. The van der Waals surface area contributed by atoms with E-state index in [0.717, 1.165) is 25.1 Å². The van der Waals surface area contributed by atoms with E-state index in [2.05, 4.69) is 11.2 Å². The molecule has 0 bridgehead atoms. The number of hydroxylamine groups is 1. The van der Waals surface area contributed by atoms with Crippen LogP contribution >= 0.6 is 0 Å². The van der Waals surface area contributed by atoms with Gasteiger partial charge in [0.15, 0.2) is 0 Å². The number of anilines is 2. The first-order chi connectivity index (χ1) is 11.5. The molecule has 0 spiro atoms. The Balaban J connectivity index is 1.73. The van der Waals surface area contributed by atoms with Crippen LogP contribution in [0, 0.1) is 0 Å². The molecule has 1 aromatic rings. The molecule has 2 saturated heterocycles. The van der Waals surface area contributed by atoms with E-state index in [4.69, 9.17) is 0 Å². The molecule has 2 N–H and O–H groups in total. The second-order valence-electron chi connectivity index (χ2n) is 5.85. The maximum Gasteiger partial charge on any atom is 0.247 e. The van der Waals surface area contributed by atoms with Gasteiger partial charge in [-0.1, -0.05) is 4.47 Å². The van der Waals surface area contributed by atoms with Gasteiger partial charge in [-0.2, -0.15) is 0 Å². The van der Waals surface area contributed by atoms with E-state index in [9.17, 15) is 19.3 Å². The van der Waals surface area contributed by atoms with Gasteiger partial charge in [-0.05, 0) is 54.7 Å². The van der Waals surface area contributed by atoms with E-state index >= 15 is 0 Å². The number of hydrogen-bond donors (Lipinski definition) is 2. The quantitative estimate of drug-likeness (QED) is 0.782. The van der Waals surface area contributed by atoms with E-state index in [-0.39, 0.29) is 11.8 Å². The first-order valence-electron chi connectivity index (χ1n) is 7.80. The summed E-state index contributed by atoms with van der Waals surface area (Å²) in [5.41, 5.74) is 1.53. The number of rotatable bonds is 4. The maximum absolute atomic E-state index is 12.4. The van der Waals surface area contributed by atoms with Gasteiger partial charge >= 0.3 is 0 Å². The molecule has 2 aliphatic heterocycles. The monoisotopic (exact) mass is 369 g/mol. The third kappa shape index (κ3) is 3.35. The summed E-state index contributed by atoms with van der Waals surface area (Å²) < 4.78 is 9.81. The van der Waals surface area contributed by atoms with E-state index in [0.29, 0.717) is 29.5 Å². The molecule has 1 aromatic carbocycles. The fourth-order valence-electron chi connectivity index (χ4n) is 3.13. The minimum atomic E-state index is -1.77. The van der Waals surface area contributed by atoms with E-state index in [1.807, 2.05) is 12.1 Å². The Kier molecular flexibility index (Phi) is 5.26. The van der Waals surface area contributed by atoms with Crippen LogP contribution in [0.25, 0.3) is 0 Å². The second kappa shape index (κ2) is 7.24. The van der Waals surface area contributed by atoms with Crippen LogP contribution in [0.4, 0.5) is 11.4 Å². The Bertz CT molecular complexity index is 667.